The van der Waals surface area contributed by atoms with E-state index in [1.54, 1.807) is 22.3 Å². The number of morpholine rings is 1. The molecule has 0 radical (unpaired) electrons. The van der Waals surface area contributed by atoms with E-state index in [0.717, 1.165) is 83.4 Å². The monoisotopic (exact) mass is 706 g/mol. The van der Waals surface area contributed by atoms with Gasteiger partial charge in [-0.3, -0.25) is 24.0 Å². The van der Waals surface area contributed by atoms with Crippen LogP contribution in [-0.4, -0.2) is 84.0 Å². The maximum Gasteiger partial charge on any atom is 0.287 e. The summed E-state index contributed by atoms with van der Waals surface area (Å²) in [6.07, 6.45) is 5.59. The molecule has 2 heterocycles. The Balaban J connectivity index is 1.37. The number of amides is 3. The summed E-state index contributed by atoms with van der Waals surface area (Å²) in [6.45, 7) is 5.45. The highest BCUT2D eigenvalue weighted by atomic mass is 19.3. The molecular formula is C36H50F4N6O4. The lowest BCUT2D eigenvalue weighted by Gasteiger charge is -2.42. The normalized spacial score (nSPS) is 20.0. The van der Waals surface area contributed by atoms with Gasteiger partial charge in [-0.2, -0.15) is 5.10 Å². The minimum Gasteiger partial charge on any atom is -0.379 e. The second-order valence-electron chi connectivity index (χ2n) is 13.9. The summed E-state index contributed by atoms with van der Waals surface area (Å²) in [6, 6.07) is 4.40. The molecule has 3 unspecified atom stereocenters. The molecular weight excluding hydrogens is 656 g/mol. The molecule has 50 heavy (non-hydrogen) atoms. The van der Waals surface area contributed by atoms with E-state index in [2.05, 4.69) is 20.6 Å². The number of aromatic nitrogens is 2. The Morgan fingerprint density at radius 2 is 1.52 bits per heavy atom. The number of hydrogen-bond acceptors (Lipinski definition) is 6. The summed E-state index contributed by atoms with van der Waals surface area (Å²) in [5.74, 6) is -3.68. The van der Waals surface area contributed by atoms with Gasteiger partial charge in [-0.1, -0.05) is 70.3 Å². The lowest BCUT2D eigenvalue weighted by molar-refractivity contribution is -0.126. The Morgan fingerprint density at radius 3 is 2.12 bits per heavy atom. The molecule has 2 aromatic rings. The number of anilines is 1. The summed E-state index contributed by atoms with van der Waals surface area (Å²) < 4.78 is 61.3. The van der Waals surface area contributed by atoms with Crippen LogP contribution in [0.3, 0.4) is 0 Å². The molecule has 3 atom stereocenters. The Morgan fingerprint density at radius 1 is 0.880 bits per heavy atom. The molecule has 2 aliphatic carbocycles. The molecule has 10 nitrogen and oxygen atoms in total. The first-order chi connectivity index (χ1) is 24.1. The van der Waals surface area contributed by atoms with Crippen LogP contribution in [0.2, 0.25) is 0 Å². The maximum absolute atomic E-state index is 15.5. The van der Waals surface area contributed by atoms with Crippen molar-refractivity contribution in [2.45, 2.75) is 102 Å². The predicted molar refractivity (Wildman–Crippen MR) is 180 cm³/mol. The number of hydrogen-bond donors (Lipinski definition) is 3. The molecule has 1 aromatic carbocycles. The summed E-state index contributed by atoms with van der Waals surface area (Å²) >= 11 is 0. The van der Waals surface area contributed by atoms with Gasteiger partial charge in [0.1, 0.15) is 17.6 Å². The van der Waals surface area contributed by atoms with Crippen molar-refractivity contribution in [1.82, 2.24) is 25.3 Å². The average molecular weight is 707 g/mol. The SMILES string of the molecule is CC(C(=O)NC(F)C(F)F)c1ccc(NC(=O)C(NC(=O)c2ccnn2CCN2CCOCC2)C(C2CCCCC2)C2CCCCC2)c(F)c1. The van der Waals surface area contributed by atoms with Crippen LogP contribution in [-0.2, 0) is 20.9 Å². The van der Waals surface area contributed by atoms with Gasteiger partial charge in [0.05, 0.1) is 31.4 Å². The molecule has 3 N–H and O–H groups in total. The third kappa shape index (κ3) is 9.83. The maximum atomic E-state index is 15.5. The van der Waals surface area contributed by atoms with Gasteiger partial charge in [-0.25, -0.2) is 17.6 Å². The molecule has 3 aliphatic rings. The molecule has 5 rings (SSSR count). The second kappa shape index (κ2) is 18.1. The van der Waals surface area contributed by atoms with Crippen LogP contribution in [0.5, 0.6) is 0 Å². The van der Waals surface area contributed by atoms with E-state index in [4.69, 9.17) is 4.74 Å². The Labute approximate surface area is 291 Å². The fourth-order valence-corrected chi connectivity index (χ4v) is 7.87. The number of benzene rings is 1. The number of nitrogens with one attached hydrogen (secondary N) is 3. The number of ether oxygens (including phenoxy) is 1. The second-order valence-corrected chi connectivity index (χ2v) is 13.9. The van der Waals surface area contributed by atoms with Crippen LogP contribution in [0.15, 0.2) is 30.5 Å². The van der Waals surface area contributed by atoms with E-state index in [1.165, 1.54) is 19.1 Å². The van der Waals surface area contributed by atoms with Crippen LogP contribution < -0.4 is 16.0 Å². The number of alkyl halides is 3. The van der Waals surface area contributed by atoms with Gasteiger partial charge in [0.15, 0.2) is 0 Å². The van der Waals surface area contributed by atoms with E-state index < -0.39 is 48.2 Å². The van der Waals surface area contributed by atoms with Crippen LogP contribution in [0.4, 0.5) is 23.2 Å². The zero-order valence-electron chi connectivity index (χ0n) is 28.7. The van der Waals surface area contributed by atoms with E-state index >= 15 is 4.39 Å². The van der Waals surface area contributed by atoms with Gasteiger partial charge in [-0.05, 0) is 48.4 Å². The number of nitrogens with zero attached hydrogens (tertiary/aromatic N) is 3. The summed E-state index contributed by atoms with van der Waals surface area (Å²) in [4.78, 5) is 42.9. The third-order valence-electron chi connectivity index (χ3n) is 10.7. The molecule has 1 aromatic heterocycles. The molecule has 1 saturated heterocycles. The van der Waals surface area contributed by atoms with Crippen molar-refractivity contribution in [3.8, 4) is 0 Å². The van der Waals surface area contributed by atoms with Crippen molar-refractivity contribution in [3.05, 3.63) is 47.5 Å². The van der Waals surface area contributed by atoms with Crippen molar-refractivity contribution < 1.29 is 36.7 Å². The zero-order chi connectivity index (χ0) is 35.6. The molecule has 2 saturated carbocycles. The summed E-state index contributed by atoms with van der Waals surface area (Å²) in [5.41, 5.74) is 0.312. The number of carbonyl (C=O) groups excluding carboxylic acids is 3. The lowest BCUT2D eigenvalue weighted by Crippen LogP contribution is -2.53. The fourth-order valence-electron chi connectivity index (χ4n) is 7.87. The van der Waals surface area contributed by atoms with E-state index in [0.29, 0.717) is 32.0 Å². The van der Waals surface area contributed by atoms with Gasteiger partial charge in [-0.15, -0.1) is 0 Å². The number of halogens is 4. The topological polar surface area (TPSA) is 118 Å². The fraction of sp³-hybridized carbons (Fsp3) is 0.667. The number of rotatable bonds is 14. The van der Waals surface area contributed by atoms with Crippen LogP contribution in [0.25, 0.3) is 0 Å². The van der Waals surface area contributed by atoms with E-state index in [9.17, 15) is 27.6 Å². The first-order valence-electron chi connectivity index (χ1n) is 18.1. The number of carbonyl (C=O) groups is 3. The van der Waals surface area contributed by atoms with E-state index in [1.807, 2.05) is 0 Å². The first kappa shape index (κ1) is 37.7. The summed E-state index contributed by atoms with van der Waals surface area (Å²) in [5, 5.41) is 11.8. The lowest BCUT2D eigenvalue weighted by atomic mass is 9.66. The van der Waals surface area contributed by atoms with Crippen LogP contribution >= 0.6 is 0 Å². The van der Waals surface area contributed by atoms with Crippen molar-refractivity contribution in [2.24, 2.45) is 17.8 Å². The largest absolute Gasteiger partial charge is 0.379 e. The molecule has 276 valence electrons. The minimum absolute atomic E-state index is 0.122. The quantitative estimate of drug-likeness (QED) is 0.173. The van der Waals surface area contributed by atoms with Gasteiger partial charge < -0.3 is 20.7 Å². The first-order valence-corrected chi connectivity index (χ1v) is 18.1. The molecule has 3 amide bonds. The third-order valence-corrected chi connectivity index (χ3v) is 10.7. The van der Waals surface area contributed by atoms with E-state index in [-0.39, 0.29) is 29.0 Å². The smallest absolute Gasteiger partial charge is 0.287 e. The van der Waals surface area contributed by atoms with Crippen molar-refractivity contribution >= 4 is 23.4 Å². The summed E-state index contributed by atoms with van der Waals surface area (Å²) in [7, 11) is 0. The predicted octanol–water partition coefficient (Wildman–Crippen LogP) is 5.65. The molecule has 14 heteroatoms. The van der Waals surface area contributed by atoms with Crippen LogP contribution in [0.1, 0.15) is 93.1 Å². The minimum atomic E-state index is -3.39. The molecule has 1 aliphatic heterocycles. The standard InChI is InChI=1S/C36H50F4N6O4/c1-23(34(47)44-33(40)32(38)39)26-12-13-28(27(37)22-26)42-36(49)31(30(24-8-4-2-5-9-24)25-10-6-3-7-11-25)43-35(48)29-14-15-41-46(29)17-16-45-18-20-50-21-19-45/h12-15,22-25,30-33H,2-11,16-21H2,1H3,(H,42,49)(H,43,48)(H,44,47). The van der Waals surface area contributed by atoms with Gasteiger partial charge >= 0.3 is 0 Å². The molecule has 0 bridgehead atoms. The Bertz CT molecular complexity index is 1410. The highest BCUT2D eigenvalue weighted by Crippen LogP contribution is 2.42. The highest BCUT2D eigenvalue weighted by Gasteiger charge is 2.41. The van der Waals surface area contributed by atoms with Crippen molar-refractivity contribution in [1.29, 1.82) is 0 Å². The van der Waals surface area contributed by atoms with Crippen molar-refractivity contribution in [2.75, 3.05) is 38.2 Å². The van der Waals surface area contributed by atoms with Gasteiger partial charge in [0.2, 0.25) is 18.1 Å². The highest BCUT2D eigenvalue weighted by molar-refractivity contribution is 6.01. The van der Waals surface area contributed by atoms with Crippen molar-refractivity contribution in [3.63, 3.8) is 0 Å². The molecule has 3 fully saturated rings. The average Bonchev–Trinajstić information content (AvgIpc) is 3.61. The zero-order valence-corrected chi connectivity index (χ0v) is 28.7. The Hall–Kier alpha value is -3.52. The van der Waals surface area contributed by atoms with Gasteiger partial charge in [0, 0.05) is 25.8 Å². The Kier molecular flexibility index (Phi) is 13.7. The van der Waals surface area contributed by atoms with Crippen LogP contribution in [0, 0.1) is 23.6 Å². The van der Waals surface area contributed by atoms with Gasteiger partial charge in [0.25, 0.3) is 12.3 Å². The molecule has 0 spiro atoms.